The Morgan fingerprint density at radius 2 is 1.88 bits per heavy atom. The zero-order valence-corrected chi connectivity index (χ0v) is 15.9. The molecule has 2 rings (SSSR count). The molecule has 0 N–H and O–H groups in total. The molecule has 0 aliphatic heterocycles. The van der Waals surface area contributed by atoms with Crippen LogP contribution < -0.4 is 0 Å². The highest BCUT2D eigenvalue weighted by molar-refractivity contribution is 6.23. The van der Waals surface area contributed by atoms with Crippen molar-refractivity contribution >= 4 is 7.85 Å². The third kappa shape index (κ3) is 6.42. The molecule has 1 aliphatic rings. The van der Waals surface area contributed by atoms with Gasteiger partial charge in [-0.1, -0.05) is 65.3 Å². The standard InChI is InChI=1S/C24H29B/c1-5-24(25)15-12-21-16-22(13-6-18(2)3)23(17-21)14-11-20-9-7-19(4)8-10-20/h5,7-10,12,15,17H,2,6,11,13-14,16H2,1,3-4H3/b15-12-,24-5+. The molecular weight excluding hydrogens is 299 g/mol. The molecule has 25 heavy (non-hydrogen) atoms. The van der Waals surface area contributed by atoms with Gasteiger partial charge >= 0.3 is 0 Å². The summed E-state index contributed by atoms with van der Waals surface area (Å²) >= 11 is 0. The van der Waals surface area contributed by atoms with Crippen molar-refractivity contribution in [2.75, 3.05) is 0 Å². The Morgan fingerprint density at radius 3 is 2.52 bits per heavy atom. The van der Waals surface area contributed by atoms with Crippen molar-refractivity contribution in [3.63, 3.8) is 0 Å². The van der Waals surface area contributed by atoms with Gasteiger partial charge in [0.05, 0.1) is 0 Å². The average molecular weight is 328 g/mol. The lowest BCUT2D eigenvalue weighted by Gasteiger charge is -2.08. The summed E-state index contributed by atoms with van der Waals surface area (Å²) in [4.78, 5) is 0. The van der Waals surface area contributed by atoms with E-state index in [1.54, 1.807) is 5.57 Å². The van der Waals surface area contributed by atoms with E-state index in [4.69, 9.17) is 7.85 Å². The minimum absolute atomic E-state index is 0.817. The lowest BCUT2D eigenvalue weighted by atomic mass is 9.94. The van der Waals surface area contributed by atoms with E-state index in [2.05, 4.69) is 56.8 Å². The van der Waals surface area contributed by atoms with Gasteiger partial charge in [-0.15, -0.1) is 12.1 Å². The summed E-state index contributed by atoms with van der Waals surface area (Å²) in [5.41, 5.74) is 9.23. The first-order chi connectivity index (χ1) is 12.0. The van der Waals surface area contributed by atoms with Gasteiger partial charge < -0.3 is 0 Å². The molecule has 0 atom stereocenters. The number of rotatable bonds is 8. The summed E-state index contributed by atoms with van der Waals surface area (Å²) in [6.45, 7) is 10.3. The summed E-state index contributed by atoms with van der Waals surface area (Å²) in [7, 11) is 5.89. The number of benzene rings is 1. The Kier molecular flexibility index (Phi) is 7.31. The molecule has 1 aliphatic carbocycles. The maximum absolute atomic E-state index is 5.89. The molecule has 0 fully saturated rings. The van der Waals surface area contributed by atoms with Crippen molar-refractivity contribution in [3.8, 4) is 0 Å². The lowest BCUT2D eigenvalue weighted by molar-refractivity contribution is 0.867. The molecule has 0 saturated heterocycles. The molecule has 0 unspecified atom stereocenters. The van der Waals surface area contributed by atoms with Gasteiger partial charge in [0.15, 0.2) is 0 Å². The zero-order valence-electron chi connectivity index (χ0n) is 15.9. The van der Waals surface area contributed by atoms with E-state index in [1.807, 2.05) is 19.1 Å². The smallest absolute Gasteiger partial charge is 0.101 e. The van der Waals surface area contributed by atoms with E-state index < -0.39 is 0 Å². The van der Waals surface area contributed by atoms with Crippen LogP contribution in [0.25, 0.3) is 0 Å². The third-order valence-electron chi connectivity index (χ3n) is 4.71. The summed E-state index contributed by atoms with van der Waals surface area (Å²) in [6, 6.07) is 8.89. The van der Waals surface area contributed by atoms with Crippen LogP contribution in [-0.2, 0) is 6.42 Å². The van der Waals surface area contributed by atoms with E-state index in [9.17, 15) is 0 Å². The minimum Gasteiger partial charge on any atom is -0.101 e. The van der Waals surface area contributed by atoms with Crippen LogP contribution in [-0.4, -0.2) is 7.85 Å². The van der Waals surface area contributed by atoms with Crippen LogP contribution in [0, 0.1) is 6.92 Å². The highest BCUT2D eigenvalue weighted by Crippen LogP contribution is 2.33. The van der Waals surface area contributed by atoms with Gasteiger partial charge in [-0.05, 0) is 69.6 Å². The summed E-state index contributed by atoms with van der Waals surface area (Å²) < 4.78 is 0. The second kappa shape index (κ2) is 9.46. The Morgan fingerprint density at radius 1 is 1.16 bits per heavy atom. The quantitative estimate of drug-likeness (QED) is 0.289. The maximum atomic E-state index is 5.89. The third-order valence-corrected chi connectivity index (χ3v) is 4.71. The van der Waals surface area contributed by atoms with Crippen LogP contribution in [0.15, 0.2) is 82.9 Å². The SMILES string of the molecule is [B]C(/C=C\C1=CC(CCc2ccc(C)cc2)=C(CCC(=C)C)C1)=C/C. The van der Waals surface area contributed by atoms with Crippen LogP contribution in [0.4, 0.5) is 0 Å². The fourth-order valence-corrected chi connectivity index (χ4v) is 3.04. The minimum atomic E-state index is 0.817. The molecule has 1 aromatic rings. The molecule has 0 amide bonds. The first-order valence-electron chi connectivity index (χ1n) is 9.19. The lowest BCUT2D eigenvalue weighted by Crippen LogP contribution is -1.91. The predicted octanol–water partition coefficient (Wildman–Crippen LogP) is 6.54. The maximum Gasteiger partial charge on any atom is 0.113 e. The normalized spacial score (nSPS) is 15.2. The summed E-state index contributed by atoms with van der Waals surface area (Å²) in [5, 5.41) is 0. The van der Waals surface area contributed by atoms with E-state index >= 15 is 0 Å². The van der Waals surface area contributed by atoms with Gasteiger partial charge in [0.1, 0.15) is 7.85 Å². The van der Waals surface area contributed by atoms with E-state index in [1.165, 1.54) is 27.8 Å². The molecule has 0 heterocycles. The van der Waals surface area contributed by atoms with Crippen LogP contribution in [0.2, 0.25) is 0 Å². The molecule has 0 spiro atoms. The predicted molar refractivity (Wildman–Crippen MR) is 112 cm³/mol. The second-order valence-electron chi connectivity index (χ2n) is 7.09. The van der Waals surface area contributed by atoms with Crippen molar-refractivity contribution in [2.24, 2.45) is 0 Å². The van der Waals surface area contributed by atoms with Crippen molar-refractivity contribution < 1.29 is 0 Å². The molecule has 0 aromatic heterocycles. The summed E-state index contributed by atoms with van der Waals surface area (Å²) in [6.07, 6.45) is 13.9. The van der Waals surface area contributed by atoms with Gasteiger partial charge in [0.25, 0.3) is 0 Å². The van der Waals surface area contributed by atoms with Crippen LogP contribution in [0.1, 0.15) is 50.7 Å². The van der Waals surface area contributed by atoms with E-state index in [-0.39, 0.29) is 0 Å². The van der Waals surface area contributed by atoms with Gasteiger partial charge in [0, 0.05) is 0 Å². The highest BCUT2D eigenvalue weighted by atomic mass is 14.2. The molecule has 0 nitrogen and oxygen atoms in total. The van der Waals surface area contributed by atoms with Crippen molar-refractivity contribution in [3.05, 3.63) is 94.0 Å². The van der Waals surface area contributed by atoms with Gasteiger partial charge in [-0.3, -0.25) is 0 Å². The van der Waals surface area contributed by atoms with Crippen molar-refractivity contribution in [1.29, 1.82) is 0 Å². The second-order valence-corrected chi connectivity index (χ2v) is 7.09. The topological polar surface area (TPSA) is 0 Å². The molecule has 0 saturated carbocycles. The fourth-order valence-electron chi connectivity index (χ4n) is 3.04. The Bertz CT molecular complexity index is 724. The molecule has 0 bridgehead atoms. The number of hydrogen-bond donors (Lipinski definition) is 0. The largest absolute Gasteiger partial charge is 0.113 e. The van der Waals surface area contributed by atoms with Crippen molar-refractivity contribution in [1.82, 2.24) is 0 Å². The number of allylic oxidation sites excluding steroid dienone is 9. The zero-order chi connectivity index (χ0) is 18.2. The Hall–Kier alpha value is -2.02. The monoisotopic (exact) mass is 328 g/mol. The van der Waals surface area contributed by atoms with Crippen LogP contribution in [0.3, 0.4) is 0 Å². The Balaban J connectivity index is 2.08. The first kappa shape index (κ1) is 19.3. The Labute approximate surface area is 155 Å². The average Bonchev–Trinajstić information content (AvgIpc) is 2.99. The highest BCUT2D eigenvalue weighted by Gasteiger charge is 2.14. The van der Waals surface area contributed by atoms with E-state index in [0.29, 0.717) is 0 Å². The molecule has 128 valence electrons. The fraction of sp³-hybridized carbons (Fsp3) is 0.333. The van der Waals surface area contributed by atoms with Crippen molar-refractivity contribution in [2.45, 2.75) is 52.9 Å². The first-order valence-corrected chi connectivity index (χ1v) is 9.19. The summed E-state index contributed by atoms with van der Waals surface area (Å²) in [5.74, 6) is 0. The van der Waals surface area contributed by atoms with Crippen LogP contribution >= 0.6 is 0 Å². The van der Waals surface area contributed by atoms with E-state index in [0.717, 1.165) is 37.6 Å². The van der Waals surface area contributed by atoms with Gasteiger partial charge in [-0.25, -0.2) is 0 Å². The van der Waals surface area contributed by atoms with Crippen LogP contribution in [0.5, 0.6) is 0 Å². The molecule has 1 heteroatoms. The molecular formula is C24H29B. The molecule has 1 aromatic carbocycles. The molecule has 2 radical (unpaired) electrons. The van der Waals surface area contributed by atoms with Gasteiger partial charge in [0.2, 0.25) is 0 Å². The number of aryl methyl sites for hydroxylation is 2. The number of hydrogen-bond acceptors (Lipinski definition) is 0. The van der Waals surface area contributed by atoms with Gasteiger partial charge in [-0.2, -0.15) is 0 Å².